The van der Waals surface area contributed by atoms with Crippen molar-refractivity contribution in [3.8, 4) is 0 Å². The van der Waals surface area contributed by atoms with Gasteiger partial charge in [0.1, 0.15) is 5.15 Å². The lowest BCUT2D eigenvalue weighted by molar-refractivity contribution is 0.215. The van der Waals surface area contributed by atoms with Gasteiger partial charge in [-0.1, -0.05) is 25.4 Å². The summed E-state index contributed by atoms with van der Waals surface area (Å²) >= 11 is 9.14. The first-order chi connectivity index (χ1) is 5.97. The number of rotatable bonds is 2. The van der Waals surface area contributed by atoms with Crippen LogP contribution in [-0.2, 0) is 5.41 Å². The summed E-state index contributed by atoms with van der Waals surface area (Å²) in [5.74, 6) is 0. The monoisotopic (exact) mass is 263 g/mol. The van der Waals surface area contributed by atoms with Crippen LogP contribution in [0.4, 0.5) is 0 Å². The van der Waals surface area contributed by atoms with Crippen molar-refractivity contribution >= 4 is 27.5 Å². The second-order valence-electron chi connectivity index (χ2n) is 3.51. The molecule has 0 aliphatic heterocycles. The summed E-state index contributed by atoms with van der Waals surface area (Å²) in [6.07, 6.45) is 0. The van der Waals surface area contributed by atoms with Crippen LogP contribution in [0.5, 0.6) is 0 Å². The molecule has 1 heterocycles. The SMILES string of the molecule is CC(C)(CO)c1nc(Cl)ccc1Br. The van der Waals surface area contributed by atoms with Gasteiger partial charge in [0, 0.05) is 9.89 Å². The minimum absolute atomic E-state index is 0.0406. The summed E-state index contributed by atoms with van der Waals surface area (Å²) in [6, 6.07) is 3.55. The van der Waals surface area contributed by atoms with Gasteiger partial charge in [-0.3, -0.25) is 0 Å². The molecule has 0 aromatic carbocycles. The molecular formula is C9H11BrClNO. The van der Waals surface area contributed by atoms with Crippen molar-refractivity contribution in [3.63, 3.8) is 0 Å². The fraction of sp³-hybridized carbons (Fsp3) is 0.444. The molecule has 1 rings (SSSR count). The van der Waals surface area contributed by atoms with E-state index in [1.807, 2.05) is 19.9 Å². The number of aliphatic hydroxyl groups excluding tert-OH is 1. The van der Waals surface area contributed by atoms with Gasteiger partial charge in [0.2, 0.25) is 0 Å². The molecule has 0 amide bonds. The molecule has 0 saturated heterocycles. The van der Waals surface area contributed by atoms with Gasteiger partial charge in [-0.15, -0.1) is 0 Å². The first-order valence-corrected chi connectivity index (χ1v) is 5.08. The first-order valence-electron chi connectivity index (χ1n) is 3.91. The van der Waals surface area contributed by atoms with Crippen LogP contribution >= 0.6 is 27.5 Å². The van der Waals surface area contributed by atoms with Crippen LogP contribution in [-0.4, -0.2) is 16.7 Å². The van der Waals surface area contributed by atoms with Gasteiger partial charge in [0.05, 0.1) is 12.3 Å². The van der Waals surface area contributed by atoms with Crippen molar-refractivity contribution in [2.24, 2.45) is 0 Å². The van der Waals surface area contributed by atoms with E-state index in [9.17, 15) is 0 Å². The van der Waals surface area contributed by atoms with E-state index >= 15 is 0 Å². The summed E-state index contributed by atoms with van der Waals surface area (Å²) in [7, 11) is 0. The largest absolute Gasteiger partial charge is 0.395 e. The Bertz CT molecular complexity index is 314. The molecule has 0 spiro atoms. The zero-order chi connectivity index (χ0) is 10.1. The standard InChI is InChI=1S/C9H11BrClNO/c1-9(2,5-13)8-6(10)3-4-7(11)12-8/h3-4,13H,5H2,1-2H3. The van der Waals surface area contributed by atoms with Crippen LogP contribution in [0.25, 0.3) is 0 Å². The zero-order valence-corrected chi connectivity index (χ0v) is 9.85. The van der Waals surface area contributed by atoms with Gasteiger partial charge < -0.3 is 5.11 Å². The fourth-order valence-electron chi connectivity index (χ4n) is 0.968. The van der Waals surface area contributed by atoms with Crippen LogP contribution in [0.1, 0.15) is 19.5 Å². The van der Waals surface area contributed by atoms with E-state index in [4.69, 9.17) is 16.7 Å². The lowest BCUT2D eigenvalue weighted by Gasteiger charge is -2.22. The maximum absolute atomic E-state index is 9.16. The van der Waals surface area contributed by atoms with E-state index in [1.165, 1.54) is 0 Å². The highest BCUT2D eigenvalue weighted by Gasteiger charge is 2.23. The molecule has 0 atom stereocenters. The van der Waals surface area contributed by atoms with E-state index in [0.717, 1.165) is 10.2 Å². The van der Waals surface area contributed by atoms with Crippen molar-refractivity contribution in [2.75, 3.05) is 6.61 Å². The average molecular weight is 265 g/mol. The summed E-state index contributed by atoms with van der Waals surface area (Å²) in [5.41, 5.74) is 0.409. The van der Waals surface area contributed by atoms with E-state index < -0.39 is 0 Å². The number of hydrogen-bond acceptors (Lipinski definition) is 2. The van der Waals surface area contributed by atoms with Gasteiger partial charge in [-0.05, 0) is 28.1 Å². The van der Waals surface area contributed by atoms with Crippen LogP contribution in [0.2, 0.25) is 5.15 Å². The molecule has 0 aliphatic carbocycles. The normalized spacial score (nSPS) is 11.8. The number of aromatic nitrogens is 1. The topological polar surface area (TPSA) is 33.1 Å². The van der Waals surface area contributed by atoms with Crippen molar-refractivity contribution < 1.29 is 5.11 Å². The van der Waals surface area contributed by atoms with Crippen molar-refractivity contribution in [1.82, 2.24) is 4.98 Å². The second-order valence-corrected chi connectivity index (χ2v) is 4.75. The van der Waals surface area contributed by atoms with Gasteiger partial charge in [0.25, 0.3) is 0 Å². The number of aliphatic hydroxyl groups is 1. The molecule has 0 aliphatic rings. The van der Waals surface area contributed by atoms with Crippen LogP contribution < -0.4 is 0 Å². The lowest BCUT2D eigenvalue weighted by atomic mass is 9.90. The number of pyridine rings is 1. The zero-order valence-electron chi connectivity index (χ0n) is 7.51. The Morgan fingerprint density at radius 3 is 2.69 bits per heavy atom. The molecule has 0 fully saturated rings. The highest BCUT2D eigenvalue weighted by molar-refractivity contribution is 9.10. The molecule has 0 bridgehead atoms. The van der Waals surface area contributed by atoms with Gasteiger partial charge in [-0.25, -0.2) is 4.98 Å². The summed E-state index contributed by atoms with van der Waals surface area (Å²) in [5, 5.41) is 9.60. The van der Waals surface area contributed by atoms with Crippen LogP contribution in [0, 0.1) is 0 Å². The van der Waals surface area contributed by atoms with Gasteiger partial charge in [-0.2, -0.15) is 0 Å². The maximum Gasteiger partial charge on any atom is 0.129 e. The van der Waals surface area contributed by atoms with E-state index in [-0.39, 0.29) is 12.0 Å². The molecule has 13 heavy (non-hydrogen) atoms. The number of hydrogen-bond donors (Lipinski definition) is 1. The second kappa shape index (κ2) is 3.95. The third kappa shape index (κ3) is 2.42. The fourth-order valence-corrected chi connectivity index (χ4v) is 1.87. The van der Waals surface area contributed by atoms with E-state index in [1.54, 1.807) is 6.07 Å². The predicted octanol–water partition coefficient (Wildman–Crippen LogP) is 2.77. The molecule has 2 nitrogen and oxygen atoms in total. The Kier molecular flexibility index (Phi) is 3.33. The Balaban J connectivity index is 3.20. The highest BCUT2D eigenvalue weighted by Crippen LogP contribution is 2.28. The first kappa shape index (κ1) is 11.0. The molecule has 0 unspecified atom stereocenters. The van der Waals surface area contributed by atoms with E-state index in [0.29, 0.717) is 5.15 Å². The Labute approximate surface area is 91.1 Å². The predicted molar refractivity (Wildman–Crippen MR) is 57.1 cm³/mol. The lowest BCUT2D eigenvalue weighted by Crippen LogP contribution is -2.24. The summed E-state index contributed by atoms with van der Waals surface area (Å²) in [4.78, 5) is 4.17. The Hall–Kier alpha value is -0.120. The minimum Gasteiger partial charge on any atom is -0.395 e. The van der Waals surface area contributed by atoms with E-state index in [2.05, 4.69) is 20.9 Å². The molecule has 4 heteroatoms. The Morgan fingerprint density at radius 1 is 1.54 bits per heavy atom. The Morgan fingerprint density at radius 2 is 2.15 bits per heavy atom. The molecule has 1 aromatic rings. The number of nitrogens with zero attached hydrogens (tertiary/aromatic N) is 1. The summed E-state index contributed by atoms with van der Waals surface area (Å²) in [6.45, 7) is 3.87. The number of halogens is 2. The quantitative estimate of drug-likeness (QED) is 0.833. The molecule has 1 N–H and O–H groups in total. The van der Waals surface area contributed by atoms with Crippen LogP contribution in [0.3, 0.4) is 0 Å². The maximum atomic E-state index is 9.16. The molecular weight excluding hydrogens is 253 g/mol. The third-order valence-electron chi connectivity index (χ3n) is 1.85. The van der Waals surface area contributed by atoms with Gasteiger partial charge >= 0.3 is 0 Å². The smallest absolute Gasteiger partial charge is 0.129 e. The summed E-state index contributed by atoms with van der Waals surface area (Å²) < 4.78 is 0.871. The van der Waals surface area contributed by atoms with Crippen molar-refractivity contribution in [1.29, 1.82) is 0 Å². The molecule has 1 aromatic heterocycles. The minimum atomic E-state index is -0.371. The molecule has 72 valence electrons. The molecule has 0 saturated carbocycles. The average Bonchev–Trinajstić information content (AvgIpc) is 2.09. The van der Waals surface area contributed by atoms with Crippen molar-refractivity contribution in [3.05, 3.63) is 27.5 Å². The molecule has 0 radical (unpaired) electrons. The third-order valence-corrected chi connectivity index (χ3v) is 2.70. The van der Waals surface area contributed by atoms with Gasteiger partial charge in [0.15, 0.2) is 0 Å². The highest BCUT2D eigenvalue weighted by atomic mass is 79.9. The van der Waals surface area contributed by atoms with Crippen LogP contribution in [0.15, 0.2) is 16.6 Å². The van der Waals surface area contributed by atoms with Crippen molar-refractivity contribution in [2.45, 2.75) is 19.3 Å².